The van der Waals surface area contributed by atoms with Crippen LogP contribution in [0.15, 0.2) is 42.5 Å². The number of nitrogens with one attached hydrogen (secondary N) is 1. The molecule has 7 heteroatoms. The Morgan fingerprint density at radius 2 is 1.64 bits per heavy atom. The summed E-state index contributed by atoms with van der Waals surface area (Å²) >= 11 is 0. The number of benzene rings is 2. The van der Waals surface area contributed by atoms with Gasteiger partial charge in [-0.15, -0.1) is 0 Å². The van der Waals surface area contributed by atoms with E-state index < -0.39 is 12.0 Å². The van der Waals surface area contributed by atoms with E-state index in [1.54, 1.807) is 12.1 Å². The number of methoxy groups -OCH3 is 3. The van der Waals surface area contributed by atoms with Gasteiger partial charge in [0.25, 0.3) is 0 Å². The molecular formula is C21H25NO6. The topological polar surface area (TPSA) is 94.1 Å². The lowest BCUT2D eigenvalue weighted by molar-refractivity contribution is -0.141. The third-order valence-corrected chi connectivity index (χ3v) is 4.32. The normalized spacial score (nSPS) is 11.4. The van der Waals surface area contributed by atoms with Crippen LogP contribution in [0.4, 0.5) is 0 Å². The largest absolute Gasteiger partial charge is 0.493 e. The van der Waals surface area contributed by atoms with Crippen molar-refractivity contribution in [1.29, 1.82) is 0 Å². The van der Waals surface area contributed by atoms with Gasteiger partial charge < -0.3 is 24.6 Å². The lowest BCUT2D eigenvalue weighted by Crippen LogP contribution is -2.42. The molecule has 2 N–H and O–H groups in total. The zero-order valence-corrected chi connectivity index (χ0v) is 16.2. The first-order valence-corrected chi connectivity index (χ1v) is 8.84. The maximum atomic E-state index is 12.3. The second-order valence-electron chi connectivity index (χ2n) is 6.14. The molecule has 0 aliphatic rings. The average molecular weight is 387 g/mol. The van der Waals surface area contributed by atoms with Crippen LogP contribution in [0.25, 0.3) is 0 Å². The summed E-state index contributed by atoms with van der Waals surface area (Å²) < 4.78 is 16.0. The Bertz CT molecular complexity index is 806. The summed E-state index contributed by atoms with van der Waals surface area (Å²) in [4.78, 5) is 23.8. The standard InChI is InChI=1S/C21H25NO6/c1-26-17-11-9-15(19(27-2)20(17)28-3)10-12-18(23)22-16(21(24)25)13-14-7-5-4-6-8-14/h4-9,11,16H,10,12-13H2,1-3H3,(H,22,23)(H,24,25)/t16-/m1/s1. The minimum absolute atomic E-state index is 0.115. The summed E-state index contributed by atoms with van der Waals surface area (Å²) in [7, 11) is 4.56. The van der Waals surface area contributed by atoms with Crippen molar-refractivity contribution in [2.75, 3.05) is 21.3 Å². The Kier molecular flexibility index (Phi) is 7.68. The van der Waals surface area contributed by atoms with Gasteiger partial charge in [-0.1, -0.05) is 36.4 Å². The summed E-state index contributed by atoms with van der Waals surface area (Å²) in [6, 6.07) is 11.7. The Balaban J connectivity index is 2.03. The molecule has 0 saturated heterocycles. The molecule has 2 aromatic rings. The van der Waals surface area contributed by atoms with E-state index in [1.165, 1.54) is 21.3 Å². The quantitative estimate of drug-likeness (QED) is 0.650. The molecular weight excluding hydrogens is 362 g/mol. The van der Waals surface area contributed by atoms with E-state index in [-0.39, 0.29) is 18.7 Å². The number of ether oxygens (including phenoxy) is 3. The fraction of sp³-hybridized carbons (Fsp3) is 0.333. The molecule has 0 saturated carbocycles. The van der Waals surface area contributed by atoms with Crippen LogP contribution in [-0.4, -0.2) is 44.4 Å². The first-order valence-electron chi connectivity index (χ1n) is 8.84. The van der Waals surface area contributed by atoms with Gasteiger partial charge in [0.05, 0.1) is 21.3 Å². The lowest BCUT2D eigenvalue weighted by atomic mass is 10.0. The van der Waals surface area contributed by atoms with Crippen LogP contribution in [0.2, 0.25) is 0 Å². The lowest BCUT2D eigenvalue weighted by Gasteiger charge is -2.17. The average Bonchev–Trinajstić information content (AvgIpc) is 2.71. The van der Waals surface area contributed by atoms with Gasteiger partial charge in [-0.3, -0.25) is 4.79 Å². The SMILES string of the molecule is COc1ccc(CCC(=O)N[C@H](Cc2ccccc2)C(=O)O)c(OC)c1OC. The second-order valence-corrected chi connectivity index (χ2v) is 6.14. The number of carboxylic acid groups (broad SMARTS) is 1. The highest BCUT2D eigenvalue weighted by molar-refractivity contribution is 5.84. The van der Waals surface area contributed by atoms with E-state index in [1.807, 2.05) is 30.3 Å². The molecule has 0 unspecified atom stereocenters. The number of aryl methyl sites for hydroxylation is 1. The minimum atomic E-state index is -1.07. The Morgan fingerprint density at radius 3 is 2.21 bits per heavy atom. The van der Waals surface area contributed by atoms with Gasteiger partial charge in [-0.05, 0) is 23.6 Å². The number of carbonyl (C=O) groups is 2. The van der Waals surface area contributed by atoms with Crippen molar-refractivity contribution in [3.05, 3.63) is 53.6 Å². The van der Waals surface area contributed by atoms with Gasteiger partial charge in [-0.2, -0.15) is 0 Å². The van der Waals surface area contributed by atoms with Crippen LogP contribution < -0.4 is 19.5 Å². The van der Waals surface area contributed by atoms with E-state index in [2.05, 4.69) is 5.32 Å². The molecule has 0 radical (unpaired) electrons. The Morgan fingerprint density at radius 1 is 0.964 bits per heavy atom. The first kappa shape index (κ1) is 21.1. The van der Waals surface area contributed by atoms with Crippen molar-refractivity contribution < 1.29 is 28.9 Å². The molecule has 0 spiro atoms. The van der Waals surface area contributed by atoms with Crippen molar-refractivity contribution in [2.24, 2.45) is 0 Å². The van der Waals surface area contributed by atoms with Gasteiger partial charge in [0.1, 0.15) is 6.04 Å². The molecule has 1 amide bonds. The van der Waals surface area contributed by atoms with Crippen molar-refractivity contribution in [1.82, 2.24) is 5.32 Å². The third-order valence-electron chi connectivity index (χ3n) is 4.32. The predicted molar refractivity (Wildman–Crippen MR) is 104 cm³/mol. The van der Waals surface area contributed by atoms with Gasteiger partial charge in [-0.25, -0.2) is 4.79 Å². The van der Waals surface area contributed by atoms with Crippen molar-refractivity contribution in [2.45, 2.75) is 25.3 Å². The number of rotatable bonds is 10. The van der Waals surface area contributed by atoms with Crippen LogP contribution in [0.1, 0.15) is 17.5 Å². The van der Waals surface area contributed by atoms with Crippen LogP contribution in [0, 0.1) is 0 Å². The zero-order chi connectivity index (χ0) is 20.5. The van der Waals surface area contributed by atoms with Crippen LogP contribution in [-0.2, 0) is 22.4 Å². The maximum Gasteiger partial charge on any atom is 0.326 e. The summed E-state index contributed by atoms with van der Waals surface area (Å²) in [6.07, 6.45) is 0.707. The van der Waals surface area contributed by atoms with Crippen LogP contribution >= 0.6 is 0 Å². The molecule has 28 heavy (non-hydrogen) atoms. The molecule has 1 atom stereocenters. The molecule has 150 valence electrons. The van der Waals surface area contributed by atoms with Gasteiger partial charge >= 0.3 is 5.97 Å². The summed E-state index contributed by atoms with van der Waals surface area (Å²) in [5, 5.41) is 12.0. The number of aliphatic carboxylic acids is 1. The molecule has 0 fully saturated rings. The van der Waals surface area contributed by atoms with Gasteiger partial charge in [0.15, 0.2) is 11.5 Å². The molecule has 0 aromatic heterocycles. The number of hydrogen-bond acceptors (Lipinski definition) is 5. The zero-order valence-electron chi connectivity index (χ0n) is 16.2. The van der Waals surface area contributed by atoms with Gasteiger partial charge in [0.2, 0.25) is 11.7 Å². The van der Waals surface area contributed by atoms with E-state index >= 15 is 0 Å². The smallest absolute Gasteiger partial charge is 0.326 e. The number of carboxylic acids is 1. The van der Waals surface area contributed by atoms with Gasteiger partial charge in [0, 0.05) is 12.8 Å². The summed E-state index contributed by atoms with van der Waals surface area (Å²) in [6.45, 7) is 0. The third kappa shape index (κ3) is 5.39. The second kappa shape index (κ2) is 10.2. The van der Waals surface area contributed by atoms with Crippen molar-refractivity contribution >= 4 is 11.9 Å². The molecule has 0 aliphatic heterocycles. The fourth-order valence-electron chi connectivity index (χ4n) is 2.92. The molecule has 7 nitrogen and oxygen atoms in total. The molecule has 2 aromatic carbocycles. The molecule has 2 rings (SSSR count). The maximum absolute atomic E-state index is 12.3. The van der Waals surface area contributed by atoms with Crippen LogP contribution in [0.5, 0.6) is 17.2 Å². The molecule has 0 heterocycles. The fourth-order valence-corrected chi connectivity index (χ4v) is 2.92. The van der Waals surface area contributed by atoms with Crippen molar-refractivity contribution in [3.63, 3.8) is 0 Å². The van der Waals surface area contributed by atoms with E-state index in [9.17, 15) is 14.7 Å². The molecule has 0 aliphatic carbocycles. The number of amides is 1. The minimum Gasteiger partial charge on any atom is -0.493 e. The highest BCUT2D eigenvalue weighted by atomic mass is 16.5. The summed E-state index contributed by atoms with van der Waals surface area (Å²) in [5.74, 6) is 0.0616. The number of carbonyl (C=O) groups excluding carboxylic acids is 1. The predicted octanol–water partition coefficient (Wildman–Crippen LogP) is 2.46. The summed E-state index contributed by atoms with van der Waals surface area (Å²) in [5.41, 5.74) is 1.61. The Labute approximate surface area is 164 Å². The number of hydrogen-bond donors (Lipinski definition) is 2. The van der Waals surface area contributed by atoms with Crippen molar-refractivity contribution in [3.8, 4) is 17.2 Å². The van der Waals surface area contributed by atoms with E-state index in [0.29, 0.717) is 23.7 Å². The monoisotopic (exact) mass is 387 g/mol. The molecule has 0 bridgehead atoms. The van der Waals surface area contributed by atoms with E-state index in [4.69, 9.17) is 14.2 Å². The highest BCUT2D eigenvalue weighted by Crippen LogP contribution is 2.40. The highest BCUT2D eigenvalue weighted by Gasteiger charge is 2.21. The van der Waals surface area contributed by atoms with E-state index in [0.717, 1.165) is 11.1 Å². The first-order chi connectivity index (χ1) is 13.5. The Hall–Kier alpha value is -3.22. The van der Waals surface area contributed by atoms with Crippen LogP contribution in [0.3, 0.4) is 0 Å².